The Hall–Kier alpha value is -3.44. The molecule has 3 N–H and O–H groups in total. The summed E-state index contributed by atoms with van der Waals surface area (Å²) < 4.78 is 46.2. The molecule has 0 spiro atoms. The van der Waals surface area contributed by atoms with Gasteiger partial charge in [-0.05, 0) is 43.2 Å². The number of H-pyrrole nitrogens is 1. The van der Waals surface area contributed by atoms with Gasteiger partial charge in [0, 0.05) is 24.7 Å². The molecule has 0 radical (unpaired) electrons. The number of ether oxygens (including phenoxy) is 1. The number of piperidine rings is 1. The van der Waals surface area contributed by atoms with Crippen molar-refractivity contribution in [3.05, 3.63) is 54.3 Å². The van der Waals surface area contributed by atoms with Crippen molar-refractivity contribution in [2.45, 2.75) is 24.2 Å². The summed E-state index contributed by atoms with van der Waals surface area (Å²) in [6.45, 7) is 0.953. The lowest BCUT2D eigenvalue weighted by atomic mass is 10.1. The minimum absolute atomic E-state index is 0.0775. The third-order valence-electron chi connectivity index (χ3n) is 5.33. The Morgan fingerprint density at radius 1 is 1.09 bits per heavy atom. The summed E-state index contributed by atoms with van der Waals surface area (Å²) in [5.41, 5.74) is 1.30. The van der Waals surface area contributed by atoms with Crippen LogP contribution in [0.3, 0.4) is 0 Å². The second-order valence-electron chi connectivity index (χ2n) is 7.58. The molecular weight excluding hydrogens is 449 g/mol. The van der Waals surface area contributed by atoms with E-state index >= 15 is 0 Å². The van der Waals surface area contributed by atoms with Gasteiger partial charge >= 0.3 is 6.03 Å². The summed E-state index contributed by atoms with van der Waals surface area (Å²) >= 11 is 0. The number of anilines is 2. The van der Waals surface area contributed by atoms with Gasteiger partial charge in [0.1, 0.15) is 11.6 Å². The molecule has 2 heterocycles. The Kier molecular flexibility index (Phi) is 6.61. The van der Waals surface area contributed by atoms with Gasteiger partial charge in [-0.3, -0.25) is 10.4 Å². The van der Waals surface area contributed by atoms with Crippen LogP contribution in [-0.2, 0) is 10.0 Å². The maximum atomic E-state index is 13.4. The van der Waals surface area contributed by atoms with Gasteiger partial charge in [-0.1, -0.05) is 18.6 Å². The number of sulfonamides is 1. The van der Waals surface area contributed by atoms with Crippen LogP contribution in [0.25, 0.3) is 11.3 Å². The number of aromatic amines is 1. The second kappa shape index (κ2) is 9.59. The smallest absolute Gasteiger partial charge is 0.325 e. The molecule has 0 unspecified atom stereocenters. The standard InChI is InChI=1S/C22H24FN5O4S/c1-32-20-9-8-17(33(30,31)28-10-3-2-4-11-28)13-19(20)24-22(29)25-21-14-18(26-27-21)15-6-5-7-16(23)12-15/h5-9,12-14H,2-4,10-11H2,1H3,(H3,24,25,26,27,29). The van der Waals surface area contributed by atoms with Crippen LogP contribution in [-0.4, -0.2) is 49.2 Å². The van der Waals surface area contributed by atoms with Gasteiger partial charge < -0.3 is 10.1 Å². The summed E-state index contributed by atoms with van der Waals surface area (Å²) in [5, 5.41) is 11.9. The molecule has 0 atom stereocenters. The zero-order chi connectivity index (χ0) is 23.4. The first kappa shape index (κ1) is 22.7. The van der Waals surface area contributed by atoms with Gasteiger partial charge in [0.25, 0.3) is 0 Å². The minimum Gasteiger partial charge on any atom is -0.495 e. The molecular formula is C22H24FN5O4S. The van der Waals surface area contributed by atoms with Crippen molar-refractivity contribution in [2.75, 3.05) is 30.8 Å². The van der Waals surface area contributed by atoms with E-state index in [0.717, 1.165) is 19.3 Å². The van der Waals surface area contributed by atoms with Crippen LogP contribution in [0.5, 0.6) is 5.75 Å². The van der Waals surface area contributed by atoms with Crippen LogP contribution in [0.4, 0.5) is 20.7 Å². The molecule has 33 heavy (non-hydrogen) atoms. The highest BCUT2D eigenvalue weighted by atomic mass is 32.2. The van der Waals surface area contributed by atoms with Crippen molar-refractivity contribution in [1.82, 2.24) is 14.5 Å². The van der Waals surface area contributed by atoms with E-state index in [1.165, 1.54) is 41.7 Å². The van der Waals surface area contributed by atoms with Crippen molar-refractivity contribution in [1.29, 1.82) is 0 Å². The van der Waals surface area contributed by atoms with Crippen LogP contribution in [0.2, 0.25) is 0 Å². The number of urea groups is 1. The number of carbonyl (C=O) groups is 1. The van der Waals surface area contributed by atoms with Crippen LogP contribution < -0.4 is 15.4 Å². The largest absolute Gasteiger partial charge is 0.495 e. The van der Waals surface area contributed by atoms with Crippen molar-refractivity contribution in [3.8, 4) is 17.0 Å². The number of benzene rings is 2. The molecule has 0 bridgehead atoms. The zero-order valence-corrected chi connectivity index (χ0v) is 18.8. The highest BCUT2D eigenvalue weighted by molar-refractivity contribution is 7.89. The Balaban J connectivity index is 1.50. The zero-order valence-electron chi connectivity index (χ0n) is 18.0. The summed E-state index contributed by atoms with van der Waals surface area (Å²) in [7, 11) is -2.25. The van der Waals surface area contributed by atoms with Crippen molar-refractivity contribution in [3.63, 3.8) is 0 Å². The quantitative estimate of drug-likeness (QED) is 0.500. The number of aromatic nitrogens is 2. The molecule has 4 rings (SSSR count). The fourth-order valence-electron chi connectivity index (χ4n) is 3.66. The van der Waals surface area contributed by atoms with Crippen molar-refractivity contribution >= 4 is 27.6 Å². The number of amides is 2. The molecule has 0 aliphatic carbocycles. The molecule has 9 nitrogen and oxygen atoms in total. The first-order chi connectivity index (χ1) is 15.9. The van der Waals surface area contributed by atoms with Gasteiger partial charge in [-0.25, -0.2) is 17.6 Å². The lowest BCUT2D eigenvalue weighted by Gasteiger charge is -2.26. The maximum Gasteiger partial charge on any atom is 0.325 e. The molecule has 3 aromatic rings. The summed E-state index contributed by atoms with van der Waals surface area (Å²) in [5.74, 6) is 0.133. The summed E-state index contributed by atoms with van der Waals surface area (Å²) in [6.07, 6.45) is 2.66. The monoisotopic (exact) mass is 473 g/mol. The van der Waals surface area contributed by atoms with Crippen molar-refractivity contribution < 1.29 is 22.3 Å². The van der Waals surface area contributed by atoms with Crippen molar-refractivity contribution in [2.24, 2.45) is 0 Å². The fourth-order valence-corrected chi connectivity index (χ4v) is 5.20. The number of nitrogens with one attached hydrogen (secondary N) is 3. The average molecular weight is 474 g/mol. The van der Waals surface area contributed by atoms with Gasteiger partial charge in [0.2, 0.25) is 10.0 Å². The fraction of sp³-hybridized carbons (Fsp3) is 0.273. The van der Waals surface area contributed by atoms with Crippen LogP contribution in [0.15, 0.2) is 53.4 Å². The predicted octanol–water partition coefficient (Wildman–Crippen LogP) is 4.04. The lowest BCUT2D eigenvalue weighted by Crippen LogP contribution is -2.35. The third-order valence-corrected chi connectivity index (χ3v) is 7.22. The molecule has 1 saturated heterocycles. The minimum atomic E-state index is -3.68. The number of halogens is 1. The second-order valence-corrected chi connectivity index (χ2v) is 9.52. The van der Waals surface area contributed by atoms with Gasteiger partial charge in [0.05, 0.1) is 23.4 Å². The SMILES string of the molecule is COc1ccc(S(=O)(=O)N2CCCCC2)cc1NC(=O)Nc1cc(-c2cccc(F)c2)[nH]n1. The van der Waals surface area contributed by atoms with Crippen LogP contribution >= 0.6 is 0 Å². The van der Waals surface area contributed by atoms with Gasteiger partial charge in [-0.2, -0.15) is 9.40 Å². The molecule has 11 heteroatoms. The summed E-state index contributed by atoms with van der Waals surface area (Å²) in [4.78, 5) is 12.6. The molecule has 1 fully saturated rings. The summed E-state index contributed by atoms with van der Waals surface area (Å²) in [6, 6.07) is 11.2. The average Bonchev–Trinajstić information content (AvgIpc) is 3.28. The van der Waals surface area contributed by atoms with Crippen LogP contribution in [0, 0.1) is 5.82 Å². The maximum absolute atomic E-state index is 13.4. The van der Waals surface area contributed by atoms with Gasteiger partial charge in [-0.15, -0.1) is 0 Å². The number of nitrogens with zero attached hydrogens (tertiary/aromatic N) is 2. The molecule has 174 valence electrons. The van der Waals surface area contributed by atoms with E-state index in [-0.39, 0.29) is 22.2 Å². The molecule has 1 aliphatic rings. The Morgan fingerprint density at radius 2 is 1.88 bits per heavy atom. The Bertz CT molecular complexity index is 1260. The first-order valence-corrected chi connectivity index (χ1v) is 11.9. The Labute approximate surface area is 191 Å². The third kappa shape index (κ3) is 5.15. The van der Waals surface area contributed by atoms with Gasteiger partial charge in [0.15, 0.2) is 5.82 Å². The number of methoxy groups -OCH3 is 1. The number of hydrogen-bond acceptors (Lipinski definition) is 5. The number of carbonyl (C=O) groups excluding carboxylic acids is 1. The van der Waals surface area contributed by atoms with E-state index in [4.69, 9.17) is 4.74 Å². The van der Waals surface area contributed by atoms with E-state index < -0.39 is 16.1 Å². The first-order valence-electron chi connectivity index (χ1n) is 10.4. The Morgan fingerprint density at radius 3 is 2.61 bits per heavy atom. The lowest BCUT2D eigenvalue weighted by molar-refractivity contribution is 0.262. The predicted molar refractivity (Wildman–Crippen MR) is 122 cm³/mol. The molecule has 1 aliphatic heterocycles. The molecule has 1 aromatic heterocycles. The topological polar surface area (TPSA) is 116 Å². The number of rotatable bonds is 6. The van der Waals surface area contributed by atoms with Crippen LogP contribution in [0.1, 0.15) is 19.3 Å². The molecule has 0 saturated carbocycles. The van der Waals surface area contributed by atoms with E-state index in [2.05, 4.69) is 20.8 Å². The molecule has 2 aromatic carbocycles. The van der Waals surface area contributed by atoms with E-state index in [0.29, 0.717) is 30.1 Å². The van der Waals surface area contributed by atoms with E-state index in [1.54, 1.807) is 18.2 Å². The highest BCUT2D eigenvalue weighted by Gasteiger charge is 2.27. The normalized spacial score (nSPS) is 14.6. The van der Waals surface area contributed by atoms with E-state index in [1.807, 2.05) is 0 Å². The van der Waals surface area contributed by atoms with E-state index in [9.17, 15) is 17.6 Å². The molecule has 2 amide bonds. The number of hydrogen-bond donors (Lipinski definition) is 3. The highest BCUT2D eigenvalue weighted by Crippen LogP contribution is 2.30.